The highest BCUT2D eigenvalue weighted by Crippen LogP contribution is 2.30. The van der Waals surface area contributed by atoms with Crippen molar-refractivity contribution in [3.8, 4) is 0 Å². The lowest BCUT2D eigenvalue weighted by atomic mass is 9.92. The summed E-state index contributed by atoms with van der Waals surface area (Å²) in [4.78, 5) is 22.9. The van der Waals surface area contributed by atoms with Crippen molar-refractivity contribution in [1.29, 1.82) is 0 Å². The molecule has 2 fully saturated rings. The minimum atomic E-state index is -3.94. The number of sulfonamides is 1. The number of nitrogens with one attached hydrogen (secondary N) is 1. The maximum atomic E-state index is 13.6. The van der Waals surface area contributed by atoms with Crippen molar-refractivity contribution in [2.45, 2.75) is 36.5 Å². The fraction of sp³-hybridized carbons (Fsp3) is 0.417. The third-order valence-electron chi connectivity index (χ3n) is 6.86. The fourth-order valence-corrected chi connectivity index (χ4v) is 6.44. The molecule has 3 aromatic rings. The smallest absolute Gasteiger partial charge is 0.243 e. The zero-order valence-corrected chi connectivity index (χ0v) is 19.4. The molecule has 2 aromatic carbocycles. The van der Waals surface area contributed by atoms with Crippen molar-refractivity contribution >= 4 is 27.0 Å². The van der Waals surface area contributed by atoms with E-state index < -0.39 is 21.7 Å². The highest BCUT2D eigenvalue weighted by atomic mass is 32.2. The Kier molecular flexibility index (Phi) is 6.11. The molecule has 1 amide bonds. The molecular weight excluding hydrogens is 462 g/mol. The van der Waals surface area contributed by atoms with Gasteiger partial charge in [-0.15, -0.1) is 0 Å². The molecule has 0 radical (unpaired) electrons. The molecule has 7 nitrogen and oxygen atoms in total. The van der Waals surface area contributed by atoms with Crippen LogP contribution in [0.5, 0.6) is 0 Å². The first-order valence-electron chi connectivity index (χ1n) is 11.5. The van der Waals surface area contributed by atoms with Gasteiger partial charge in [0.15, 0.2) is 11.6 Å². The zero-order valence-electron chi connectivity index (χ0n) is 18.6. The topological polar surface area (TPSA) is 86.4 Å². The van der Waals surface area contributed by atoms with Crippen LogP contribution in [0.4, 0.5) is 8.78 Å². The number of rotatable bonds is 4. The van der Waals surface area contributed by atoms with E-state index in [1.807, 2.05) is 29.2 Å². The fourth-order valence-electron chi connectivity index (χ4n) is 4.95. The Labute approximate surface area is 196 Å². The summed E-state index contributed by atoms with van der Waals surface area (Å²) in [5, 5.41) is 0. The molecule has 5 rings (SSSR count). The summed E-state index contributed by atoms with van der Waals surface area (Å²) >= 11 is 0. The van der Waals surface area contributed by atoms with E-state index in [2.05, 4.69) is 4.98 Å². The number of H-pyrrole nitrogens is 1. The minimum absolute atomic E-state index is 0.0469. The number of hydrogen-bond donors (Lipinski definition) is 1. The van der Waals surface area contributed by atoms with Gasteiger partial charge in [0.2, 0.25) is 15.9 Å². The summed E-state index contributed by atoms with van der Waals surface area (Å²) in [6.45, 7) is 1.60. The Balaban J connectivity index is 1.22. The first-order chi connectivity index (χ1) is 16.3. The monoisotopic (exact) mass is 488 g/mol. The van der Waals surface area contributed by atoms with E-state index in [4.69, 9.17) is 4.98 Å². The average Bonchev–Trinajstić information content (AvgIpc) is 3.30. The predicted molar refractivity (Wildman–Crippen MR) is 122 cm³/mol. The van der Waals surface area contributed by atoms with Gasteiger partial charge in [-0.2, -0.15) is 4.31 Å². The van der Waals surface area contributed by atoms with Gasteiger partial charge in [0.05, 0.1) is 15.9 Å². The molecular formula is C24H26F2N4O3S. The standard InChI is InChI=1S/C24H26F2N4O3S/c25-19-8-7-18(14-20(19)26)34(32,33)30-12-9-16(10-13-30)24(31)29-11-3-4-17(15-29)23-27-21-5-1-2-6-22(21)28-23/h1-2,5-8,14,16-17H,3-4,9-13,15H2,(H,27,28). The first kappa shape index (κ1) is 22.9. The molecule has 10 heteroatoms. The van der Waals surface area contributed by atoms with E-state index in [0.717, 1.165) is 41.8 Å². The summed E-state index contributed by atoms with van der Waals surface area (Å²) in [5.74, 6) is -1.47. The van der Waals surface area contributed by atoms with Crippen molar-refractivity contribution in [3.05, 3.63) is 59.9 Å². The molecule has 2 aliphatic rings. The number of benzene rings is 2. The Morgan fingerprint density at radius 3 is 2.50 bits per heavy atom. The number of fused-ring (bicyclic) bond motifs is 1. The summed E-state index contributed by atoms with van der Waals surface area (Å²) in [6.07, 6.45) is 2.63. The molecule has 0 bridgehead atoms. The van der Waals surface area contributed by atoms with E-state index in [0.29, 0.717) is 32.0 Å². The van der Waals surface area contributed by atoms with Crippen molar-refractivity contribution in [2.75, 3.05) is 26.2 Å². The number of amides is 1. The Hall–Kier alpha value is -2.85. The van der Waals surface area contributed by atoms with Gasteiger partial charge in [0, 0.05) is 38.0 Å². The Morgan fingerprint density at radius 1 is 1.00 bits per heavy atom. The molecule has 0 aliphatic carbocycles. The minimum Gasteiger partial charge on any atom is -0.342 e. The number of carbonyl (C=O) groups is 1. The Morgan fingerprint density at radius 2 is 1.76 bits per heavy atom. The molecule has 1 N–H and O–H groups in total. The summed E-state index contributed by atoms with van der Waals surface area (Å²) < 4.78 is 53.7. The summed E-state index contributed by atoms with van der Waals surface area (Å²) in [5.41, 5.74) is 1.89. The summed E-state index contributed by atoms with van der Waals surface area (Å²) in [7, 11) is -3.94. The van der Waals surface area contributed by atoms with Gasteiger partial charge >= 0.3 is 0 Å². The van der Waals surface area contributed by atoms with E-state index >= 15 is 0 Å². The van der Waals surface area contributed by atoms with Crippen LogP contribution in [0, 0.1) is 17.6 Å². The van der Waals surface area contributed by atoms with Crippen LogP contribution >= 0.6 is 0 Å². The third kappa shape index (κ3) is 4.32. The molecule has 2 saturated heterocycles. The second kappa shape index (κ2) is 9.07. The SMILES string of the molecule is O=C(C1CCN(S(=O)(=O)c2ccc(F)c(F)c2)CC1)N1CCCC(c2nc3ccccc3[nH]2)C1. The molecule has 1 aromatic heterocycles. The van der Waals surface area contributed by atoms with Crippen LogP contribution in [0.25, 0.3) is 11.0 Å². The number of nitrogens with zero attached hydrogens (tertiary/aromatic N) is 3. The van der Waals surface area contributed by atoms with Gasteiger partial charge in [-0.1, -0.05) is 12.1 Å². The number of likely N-dealkylation sites (tertiary alicyclic amines) is 1. The van der Waals surface area contributed by atoms with E-state index in [9.17, 15) is 22.0 Å². The summed E-state index contributed by atoms with van der Waals surface area (Å²) in [6, 6.07) is 10.4. The second-order valence-electron chi connectivity index (χ2n) is 9.02. The number of hydrogen-bond acceptors (Lipinski definition) is 4. The van der Waals surface area contributed by atoms with Gasteiger partial charge in [0.1, 0.15) is 5.82 Å². The number of halogens is 2. The molecule has 0 saturated carbocycles. The van der Waals surface area contributed by atoms with Crippen LogP contribution in [0.1, 0.15) is 37.4 Å². The van der Waals surface area contributed by atoms with Crippen molar-refractivity contribution in [1.82, 2.24) is 19.2 Å². The van der Waals surface area contributed by atoms with E-state index in [1.165, 1.54) is 4.31 Å². The highest BCUT2D eigenvalue weighted by molar-refractivity contribution is 7.89. The molecule has 34 heavy (non-hydrogen) atoms. The Bertz CT molecular complexity index is 1290. The molecule has 3 heterocycles. The molecule has 1 atom stereocenters. The van der Waals surface area contributed by atoms with Crippen molar-refractivity contribution in [3.63, 3.8) is 0 Å². The van der Waals surface area contributed by atoms with Gasteiger partial charge in [-0.25, -0.2) is 22.2 Å². The zero-order chi connectivity index (χ0) is 23.9. The number of aromatic amines is 1. The van der Waals surface area contributed by atoms with Gasteiger partial charge in [0.25, 0.3) is 0 Å². The van der Waals surface area contributed by atoms with Crippen LogP contribution in [-0.2, 0) is 14.8 Å². The lowest BCUT2D eigenvalue weighted by Gasteiger charge is -2.37. The number of piperidine rings is 2. The predicted octanol–water partition coefficient (Wildman–Crippen LogP) is 3.65. The van der Waals surface area contributed by atoms with Gasteiger partial charge in [-0.05, 0) is 56.0 Å². The molecule has 1 unspecified atom stereocenters. The highest BCUT2D eigenvalue weighted by Gasteiger charge is 2.36. The maximum Gasteiger partial charge on any atom is 0.243 e. The number of imidazole rings is 1. The number of carbonyl (C=O) groups excluding carboxylic acids is 1. The quantitative estimate of drug-likeness (QED) is 0.608. The van der Waals surface area contributed by atoms with Gasteiger partial charge < -0.3 is 9.88 Å². The lowest BCUT2D eigenvalue weighted by molar-refractivity contribution is -0.138. The van der Waals surface area contributed by atoms with Crippen LogP contribution < -0.4 is 0 Å². The second-order valence-corrected chi connectivity index (χ2v) is 11.0. The number of aromatic nitrogens is 2. The number of para-hydroxylation sites is 2. The van der Waals surface area contributed by atoms with E-state index in [1.54, 1.807) is 0 Å². The molecule has 0 spiro atoms. The van der Waals surface area contributed by atoms with Crippen molar-refractivity contribution < 1.29 is 22.0 Å². The van der Waals surface area contributed by atoms with Crippen LogP contribution in [-0.4, -0.2) is 59.7 Å². The van der Waals surface area contributed by atoms with Crippen LogP contribution in [0.15, 0.2) is 47.4 Å². The maximum absolute atomic E-state index is 13.6. The molecule has 180 valence electrons. The van der Waals surface area contributed by atoms with Crippen LogP contribution in [0.3, 0.4) is 0 Å². The van der Waals surface area contributed by atoms with Crippen molar-refractivity contribution in [2.24, 2.45) is 5.92 Å². The van der Waals surface area contributed by atoms with E-state index in [-0.39, 0.29) is 35.7 Å². The molecule has 2 aliphatic heterocycles. The first-order valence-corrected chi connectivity index (χ1v) is 13.0. The largest absolute Gasteiger partial charge is 0.342 e. The lowest BCUT2D eigenvalue weighted by Crippen LogP contribution is -2.47. The van der Waals surface area contributed by atoms with Crippen LogP contribution in [0.2, 0.25) is 0 Å². The average molecular weight is 489 g/mol. The third-order valence-corrected chi connectivity index (χ3v) is 8.75. The normalized spacial score (nSPS) is 20.6. The van der Waals surface area contributed by atoms with Gasteiger partial charge in [-0.3, -0.25) is 4.79 Å².